The average Bonchev–Trinajstić information content (AvgIpc) is 3.53. The van der Waals surface area contributed by atoms with E-state index in [1.807, 2.05) is 0 Å². The average molecular weight is 455 g/mol. The lowest BCUT2D eigenvalue weighted by Gasteiger charge is -2.30. The van der Waals surface area contributed by atoms with E-state index in [1.54, 1.807) is 12.1 Å². The van der Waals surface area contributed by atoms with Gasteiger partial charge in [0.25, 0.3) is 0 Å². The summed E-state index contributed by atoms with van der Waals surface area (Å²) < 4.78 is 54.0. The molecule has 2 atom stereocenters. The Morgan fingerprint density at radius 2 is 1.83 bits per heavy atom. The minimum Gasteiger partial charge on any atom is -0.326 e. The lowest BCUT2D eigenvalue weighted by molar-refractivity contribution is -0.120. The lowest BCUT2D eigenvalue weighted by Crippen LogP contribution is -2.43. The third-order valence-corrected chi connectivity index (χ3v) is 8.42. The summed E-state index contributed by atoms with van der Waals surface area (Å²) in [5, 5.41) is 2.09. The molecule has 2 aliphatic rings. The standard InChI is InChI=1S/C21H21ClF2N2O3S/c22-18-11-16(4-5-19(18)24)25-21(27)13-6-8-26(9-7-13)30(28,29)20-12-17(20)14-2-1-3-15(23)10-14/h1-5,10-11,13,17,20H,6-9,12H2,(H,25,27). The molecule has 5 nitrogen and oxygen atoms in total. The van der Waals surface area contributed by atoms with Crippen molar-refractivity contribution in [3.8, 4) is 0 Å². The van der Waals surface area contributed by atoms with Gasteiger partial charge in [-0.05, 0) is 55.2 Å². The van der Waals surface area contributed by atoms with E-state index in [0.29, 0.717) is 30.5 Å². The summed E-state index contributed by atoms with van der Waals surface area (Å²) in [7, 11) is -3.50. The molecular weight excluding hydrogens is 434 g/mol. The Bertz CT molecular complexity index is 1070. The van der Waals surface area contributed by atoms with Crippen LogP contribution in [0.1, 0.15) is 30.7 Å². The van der Waals surface area contributed by atoms with Crippen molar-refractivity contribution in [1.29, 1.82) is 0 Å². The van der Waals surface area contributed by atoms with Gasteiger partial charge in [0, 0.05) is 30.6 Å². The molecule has 2 aromatic carbocycles. The van der Waals surface area contributed by atoms with Crippen molar-refractivity contribution in [3.63, 3.8) is 0 Å². The highest BCUT2D eigenvalue weighted by molar-refractivity contribution is 7.90. The summed E-state index contributed by atoms with van der Waals surface area (Å²) >= 11 is 5.73. The molecule has 1 heterocycles. The van der Waals surface area contributed by atoms with E-state index >= 15 is 0 Å². The molecule has 160 valence electrons. The number of carbonyl (C=O) groups is 1. The number of sulfonamides is 1. The lowest BCUT2D eigenvalue weighted by atomic mass is 9.97. The van der Waals surface area contributed by atoms with Gasteiger partial charge in [0.1, 0.15) is 11.6 Å². The smallest absolute Gasteiger partial charge is 0.227 e. The highest BCUT2D eigenvalue weighted by Crippen LogP contribution is 2.47. The van der Waals surface area contributed by atoms with Crippen molar-refractivity contribution in [3.05, 3.63) is 64.7 Å². The Morgan fingerprint density at radius 1 is 1.10 bits per heavy atom. The number of rotatable bonds is 5. The summed E-state index contributed by atoms with van der Waals surface area (Å²) in [5.74, 6) is -1.69. The largest absolute Gasteiger partial charge is 0.326 e. The van der Waals surface area contributed by atoms with E-state index in [2.05, 4.69) is 5.32 Å². The van der Waals surface area contributed by atoms with Gasteiger partial charge in [0.05, 0.1) is 10.3 Å². The molecule has 1 saturated heterocycles. The minimum absolute atomic E-state index is 0.0778. The van der Waals surface area contributed by atoms with Crippen LogP contribution in [0.2, 0.25) is 5.02 Å². The van der Waals surface area contributed by atoms with Crippen LogP contribution in [-0.4, -0.2) is 37.0 Å². The molecule has 2 aromatic rings. The summed E-state index contributed by atoms with van der Waals surface area (Å²) in [6.45, 7) is 0.522. The molecule has 0 spiro atoms. The molecule has 2 fully saturated rings. The molecule has 0 radical (unpaired) electrons. The predicted molar refractivity (Wildman–Crippen MR) is 111 cm³/mol. The molecular formula is C21H21ClF2N2O3S. The first-order valence-electron chi connectivity index (χ1n) is 9.76. The highest BCUT2D eigenvalue weighted by Gasteiger charge is 2.51. The molecule has 1 saturated carbocycles. The second-order valence-corrected chi connectivity index (χ2v) is 10.3. The van der Waals surface area contributed by atoms with Gasteiger partial charge in [-0.15, -0.1) is 0 Å². The van der Waals surface area contributed by atoms with Crippen molar-refractivity contribution >= 4 is 33.2 Å². The van der Waals surface area contributed by atoms with Crippen LogP contribution in [0.4, 0.5) is 14.5 Å². The van der Waals surface area contributed by atoms with Crippen molar-refractivity contribution < 1.29 is 22.0 Å². The third kappa shape index (κ3) is 4.36. The fourth-order valence-electron chi connectivity index (χ4n) is 3.97. The Morgan fingerprint density at radius 3 is 2.50 bits per heavy atom. The normalized spacial score (nSPS) is 22.6. The monoisotopic (exact) mass is 454 g/mol. The number of nitrogens with one attached hydrogen (secondary N) is 1. The molecule has 4 rings (SSSR count). The third-order valence-electron chi connectivity index (χ3n) is 5.76. The molecule has 1 amide bonds. The first-order chi connectivity index (χ1) is 14.3. The van der Waals surface area contributed by atoms with Crippen molar-refractivity contribution in [1.82, 2.24) is 4.31 Å². The zero-order valence-corrected chi connectivity index (χ0v) is 17.6. The maximum atomic E-state index is 13.4. The van der Waals surface area contributed by atoms with Gasteiger partial charge in [-0.3, -0.25) is 4.79 Å². The quantitative estimate of drug-likeness (QED) is 0.737. The van der Waals surface area contributed by atoms with E-state index in [9.17, 15) is 22.0 Å². The van der Waals surface area contributed by atoms with Gasteiger partial charge in [-0.1, -0.05) is 23.7 Å². The Hall–Kier alpha value is -2.03. The van der Waals surface area contributed by atoms with Crippen LogP contribution >= 0.6 is 11.6 Å². The molecule has 1 aliphatic carbocycles. The van der Waals surface area contributed by atoms with Crippen LogP contribution in [0.3, 0.4) is 0 Å². The zero-order valence-electron chi connectivity index (χ0n) is 16.0. The van der Waals surface area contributed by atoms with Crippen LogP contribution in [0.25, 0.3) is 0 Å². The first-order valence-corrected chi connectivity index (χ1v) is 11.6. The van der Waals surface area contributed by atoms with Gasteiger partial charge in [-0.2, -0.15) is 0 Å². The van der Waals surface area contributed by atoms with Crippen molar-refractivity contribution in [2.24, 2.45) is 5.92 Å². The van der Waals surface area contributed by atoms with Crippen molar-refractivity contribution in [2.45, 2.75) is 30.4 Å². The Kier molecular flexibility index (Phi) is 5.83. The molecule has 0 bridgehead atoms. The maximum Gasteiger partial charge on any atom is 0.227 e. The van der Waals surface area contributed by atoms with E-state index in [0.717, 1.165) is 0 Å². The van der Waals surface area contributed by atoms with E-state index in [1.165, 1.54) is 34.6 Å². The number of carbonyl (C=O) groups excluding carboxylic acids is 1. The highest BCUT2D eigenvalue weighted by atomic mass is 35.5. The second kappa shape index (κ2) is 8.24. The molecule has 1 aliphatic heterocycles. The molecule has 30 heavy (non-hydrogen) atoms. The van der Waals surface area contributed by atoms with E-state index in [-0.39, 0.29) is 41.7 Å². The number of nitrogens with zero attached hydrogens (tertiary/aromatic N) is 1. The van der Waals surface area contributed by atoms with Gasteiger partial charge in [-0.25, -0.2) is 21.5 Å². The fourth-order valence-corrected chi connectivity index (χ4v) is 6.28. The number of hydrogen-bond acceptors (Lipinski definition) is 3. The van der Waals surface area contributed by atoms with Gasteiger partial charge in [0.15, 0.2) is 0 Å². The van der Waals surface area contributed by atoms with Crippen LogP contribution in [0, 0.1) is 17.6 Å². The van der Waals surface area contributed by atoms with E-state index in [4.69, 9.17) is 11.6 Å². The predicted octanol–water partition coefficient (Wildman–Crippen LogP) is 4.15. The Balaban J connectivity index is 1.33. The van der Waals surface area contributed by atoms with Gasteiger partial charge < -0.3 is 5.32 Å². The number of hydrogen-bond donors (Lipinski definition) is 1. The number of amides is 1. The summed E-state index contributed by atoms with van der Waals surface area (Å²) in [4.78, 5) is 12.5. The molecule has 0 aromatic heterocycles. The fraction of sp³-hybridized carbons (Fsp3) is 0.381. The zero-order chi connectivity index (χ0) is 21.5. The summed E-state index contributed by atoms with van der Waals surface area (Å²) in [5.41, 5.74) is 1.10. The van der Waals surface area contributed by atoms with Crippen LogP contribution in [0.15, 0.2) is 42.5 Å². The summed E-state index contributed by atoms with van der Waals surface area (Å²) in [6, 6.07) is 10.0. The molecule has 2 unspecified atom stereocenters. The Labute approximate surface area is 179 Å². The molecule has 9 heteroatoms. The van der Waals surface area contributed by atoms with Crippen LogP contribution < -0.4 is 5.32 Å². The van der Waals surface area contributed by atoms with Crippen LogP contribution in [0.5, 0.6) is 0 Å². The first kappa shape index (κ1) is 21.2. The second-order valence-electron chi connectivity index (χ2n) is 7.77. The maximum absolute atomic E-state index is 13.4. The van der Waals surface area contributed by atoms with Gasteiger partial charge in [0.2, 0.25) is 15.9 Å². The van der Waals surface area contributed by atoms with E-state index < -0.39 is 21.1 Å². The number of halogens is 3. The topological polar surface area (TPSA) is 66.5 Å². The van der Waals surface area contributed by atoms with Crippen LogP contribution in [-0.2, 0) is 14.8 Å². The minimum atomic E-state index is -3.50. The van der Waals surface area contributed by atoms with Crippen molar-refractivity contribution in [2.75, 3.05) is 18.4 Å². The number of anilines is 1. The SMILES string of the molecule is O=C(Nc1ccc(F)c(Cl)c1)C1CCN(S(=O)(=O)C2CC2c2cccc(F)c2)CC1. The molecule has 1 N–H and O–H groups in total. The summed E-state index contributed by atoms with van der Waals surface area (Å²) in [6.07, 6.45) is 1.28. The number of piperidine rings is 1. The van der Waals surface area contributed by atoms with Gasteiger partial charge >= 0.3 is 0 Å². The number of benzene rings is 2.